The highest BCUT2D eigenvalue weighted by Crippen LogP contribution is 2.44. The van der Waals surface area contributed by atoms with Crippen molar-refractivity contribution in [1.29, 1.82) is 0 Å². The number of aromatic nitrogens is 3. The molecule has 1 N–H and O–H groups in total. The van der Waals surface area contributed by atoms with Crippen molar-refractivity contribution in [1.82, 2.24) is 19.7 Å². The highest BCUT2D eigenvalue weighted by atomic mass is 16.6. The summed E-state index contributed by atoms with van der Waals surface area (Å²) in [7, 11) is 0. The summed E-state index contributed by atoms with van der Waals surface area (Å²) in [5.41, 5.74) is 4.60. The standard InChI is InChI=1S/C24H24N4O4/c1-2-28-22(25-14-26-28)19-11-27(12-20(19)23(29)30)24(31)32-13-21-17-9-5-3-7-15(17)16-8-4-6-10-18(16)21/h3-10,14,19-21H,2,11-13H2,1H3,(H,29,30). The van der Waals surface area contributed by atoms with Gasteiger partial charge in [-0.15, -0.1) is 0 Å². The number of fused-ring (bicyclic) bond motifs is 3. The van der Waals surface area contributed by atoms with Crippen molar-refractivity contribution in [2.75, 3.05) is 19.7 Å². The Kier molecular flexibility index (Phi) is 5.13. The van der Waals surface area contributed by atoms with E-state index < -0.39 is 23.9 Å². The van der Waals surface area contributed by atoms with E-state index >= 15 is 0 Å². The van der Waals surface area contributed by atoms with Crippen LogP contribution >= 0.6 is 0 Å². The van der Waals surface area contributed by atoms with Gasteiger partial charge in [0, 0.05) is 25.6 Å². The predicted octanol–water partition coefficient (Wildman–Crippen LogP) is 3.35. The molecule has 1 fully saturated rings. The average molecular weight is 432 g/mol. The van der Waals surface area contributed by atoms with Crippen LogP contribution in [0.15, 0.2) is 54.9 Å². The second-order valence-electron chi connectivity index (χ2n) is 8.19. The number of benzene rings is 2. The summed E-state index contributed by atoms with van der Waals surface area (Å²) in [6.45, 7) is 3.05. The van der Waals surface area contributed by atoms with Crippen LogP contribution in [0.2, 0.25) is 0 Å². The maximum Gasteiger partial charge on any atom is 0.409 e. The molecule has 0 saturated carbocycles. The van der Waals surface area contributed by atoms with Gasteiger partial charge in [-0.05, 0) is 29.2 Å². The van der Waals surface area contributed by atoms with E-state index in [9.17, 15) is 14.7 Å². The van der Waals surface area contributed by atoms with Gasteiger partial charge in [0.05, 0.1) is 11.8 Å². The molecule has 8 nitrogen and oxygen atoms in total. The molecule has 1 aliphatic carbocycles. The normalized spacial score (nSPS) is 19.6. The maximum atomic E-state index is 12.9. The average Bonchev–Trinajstić information content (AvgIpc) is 3.52. The number of nitrogens with zero attached hydrogens (tertiary/aromatic N) is 4. The summed E-state index contributed by atoms with van der Waals surface area (Å²) in [6, 6.07) is 16.3. The van der Waals surface area contributed by atoms with E-state index in [0.29, 0.717) is 12.4 Å². The summed E-state index contributed by atoms with van der Waals surface area (Å²) in [5.74, 6) is -1.56. The Bertz CT molecular complexity index is 1130. The monoisotopic (exact) mass is 432 g/mol. The number of hydrogen-bond donors (Lipinski definition) is 1. The van der Waals surface area contributed by atoms with Crippen molar-refractivity contribution in [3.8, 4) is 11.1 Å². The third kappa shape index (κ3) is 3.32. The lowest BCUT2D eigenvalue weighted by molar-refractivity contribution is -0.141. The maximum absolute atomic E-state index is 12.9. The molecule has 2 atom stereocenters. The molecule has 8 heteroatoms. The van der Waals surface area contributed by atoms with Crippen molar-refractivity contribution in [2.24, 2.45) is 5.92 Å². The fourth-order valence-corrected chi connectivity index (χ4v) is 4.95. The van der Waals surface area contributed by atoms with E-state index in [1.165, 1.54) is 11.2 Å². The zero-order valence-electron chi connectivity index (χ0n) is 17.7. The van der Waals surface area contributed by atoms with Gasteiger partial charge in [-0.2, -0.15) is 5.10 Å². The van der Waals surface area contributed by atoms with Crippen LogP contribution in [0.3, 0.4) is 0 Å². The van der Waals surface area contributed by atoms with Gasteiger partial charge >= 0.3 is 12.1 Å². The quantitative estimate of drug-likeness (QED) is 0.664. The number of ether oxygens (including phenoxy) is 1. The molecular weight excluding hydrogens is 408 g/mol. The number of likely N-dealkylation sites (tertiary alicyclic amines) is 1. The number of rotatable bonds is 5. The number of carboxylic acid groups (broad SMARTS) is 1. The zero-order valence-corrected chi connectivity index (χ0v) is 17.7. The highest BCUT2D eigenvalue weighted by Gasteiger charge is 2.43. The summed E-state index contributed by atoms with van der Waals surface area (Å²) < 4.78 is 7.41. The third-order valence-electron chi connectivity index (χ3n) is 6.51. The molecule has 1 saturated heterocycles. The van der Waals surface area contributed by atoms with Crippen molar-refractivity contribution in [3.63, 3.8) is 0 Å². The predicted molar refractivity (Wildman–Crippen MR) is 116 cm³/mol. The number of aryl methyl sites for hydroxylation is 1. The Morgan fingerprint density at radius 1 is 1.06 bits per heavy atom. The van der Waals surface area contributed by atoms with E-state index in [-0.39, 0.29) is 25.6 Å². The summed E-state index contributed by atoms with van der Waals surface area (Å²) in [4.78, 5) is 30.6. The SMILES string of the molecule is CCn1ncnc1C1CN(C(=O)OCC2c3ccccc3-c3ccccc32)CC1C(=O)O. The number of hydrogen-bond acceptors (Lipinski definition) is 5. The largest absolute Gasteiger partial charge is 0.481 e. The fraction of sp³-hybridized carbons (Fsp3) is 0.333. The van der Waals surface area contributed by atoms with E-state index in [4.69, 9.17) is 4.74 Å². The summed E-state index contributed by atoms with van der Waals surface area (Å²) >= 11 is 0. The Labute approximate surface area is 185 Å². The summed E-state index contributed by atoms with van der Waals surface area (Å²) in [5, 5.41) is 13.9. The number of amides is 1. The minimum absolute atomic E-state index is 0.0387. The molecule has 2 heterocycles. The molecule has 5 rings (SSSR count). The van der Waals surface area contributed by atoms with Crippen LogP contribution in [0.1, 0.15) is 35.7 Å². The molecule has 0 spiro atoms. The molecule has 2 unspecified atom stereocenters. The van der Waals surface area contributed by atoms with Gasteiger partial charge in [0.25, 0.3) is 0 Å². The van der Waals surface area contributed by atoms with Crippen molar-refractivity contribution < 1.29 is 19.4 Å². The molecule has 164 valence electrons. The van der Waals surface area contributed by atoms with Crippen LogP contribution in [0.5, 0.6) is 0 Å². The van der Waals surface area contributed by atoms with E-state index in [0.717, 1.165) is 22.3 Å². The molecule has 0 radical (unpaired) electrons. The van der Waals surface area contributed by atoms with Crippen molar-refractivity contribution in [3.05, 3.63) is 71.8 Å². The molecular formula is C24H24N4O4. The molecule has 1 aliphatic heterocycles. The Balaban J connectivity index is 1.32. The lowest BCUT2D eigenvalue weighted by atomic mass is 9.95. The summed E-state index contributed by atoms with van der Waals surface area (Å²) in [6.07, 6.45) is 0.927. The molecule has 2 aliphatic rings. The van der Waals surface area contributed by atoms with E-state index in [1.807, 2.05) is 31.2 Å². The molecule has 0 bridgehead atoms. The van der Waals surface area contributed by atoms with Crippen LogP contribution in [0.4, 0.5) is 4.79 Å². The molecule has 1 amide bonds. The number of carboxylic acids is 1. The first-order chi connectivity index (χ1) is 15.6. The first kappa shape index (κ1) is 20.2. The third-order valence-corrected chi connectivity index (χ3v) is 6.51. The van der Waals surface area contributed by atoms with Gasteiger partial charge in [-0.1, -0.05) is 48.5 Å². The van der Waals surface area contributed by atoms with Crippen molar-refractivity contribution in [2.45, 2.75) is 25.3 Å². The Morgan fingerprint density at radius 3 is 2.34 bits per heavy atom. The number of aliphatic carboxylic acids is 1. The molecule has 2 aromatic carbocycles. The molecule has 3 aromatic rings. The van der Waals surface area contributed by atoms with Crippen LogP contribution in [0, 0.1) is 5.92 Å². The smallest absolute Gasteiger partial charge is 0.409 e. The molecule has 1 aromatic heterocycles. The van der Waals surface area contributed by atoms with Gasteiger partial charge in [0.2, 0.25) is 0 Å². The Morgan fingerprint density at radius 2 is 1.72 bits per heavy atom. The second-order valence-corrected chi connectivity index (χ2v) is 8.19. The minimum Gasteiger partial charge on any atom is -0.481 e. The van der Waals surface area contributed by atoms with Gasteiger partial charge < -0.3 is 14.7 Å². The van der Waals surface area contributed by atoms with Gasteiger partial charge in [-0.3, -0.25) is 4.79 Å². The van der Waals surface area contributed by atoms with Gasteiger partial charge in [0.1, 0.15) is 18.8 Å². The Hall–Kier alpha value is -3.68. The first-order valence-corrected chi connectivity index (χ1v) is 10.8. The number of carbonyl (C=O) groups is 2. The second kappa shape index (κ2) is 8.11. The first-order valence-electron chi connectivity index (χ1n) is 10.8. The number of carbonyl (C=O) groups excluding carboxylic acids is 1. The van der Waals surface area contributed by atoms with Gasteiger partial charge in [-0.25, -0.2) is 14.5 Å². The van der Waals surface area contributed by atoms with Crippen LogP contribution in [-0.2, 0) is 16.1 Å². The van der Waals surface area contributed by atoms with Crippen molar-refractivity contribution >= 4 is 12.1 Å². The van der Waals surface area contributed by atoms with Crippen LogP contribution in [0.25, 0.3) is 11.1 Å². The van der Waals surface area contributed by atoms with Crippen LogP contribution in [-0.4, -0.2) is 56.5 Å². The minimum atomic E-state index is -0.949. The highest BCUT2D eigenvalue weighted by molar-refractivity contribution is 5.79. The van der Waals surface area contributed by atoms with Crippen LogP contribution < -0.4 is 0 Å². The van der Waals surface area contributed by atoms with E-state index in [2.05, 4.69) is 34.3 Å². The lowest BCUT2D eigenvalue weighted by Crippen LogP contribution is -2.31. The zero-order chi connectivity index (χ0) is 22.2. The molecule has 32 heavy (non-hydrogen) atoms. The van der Waals surface area contributed by atoms with Gasteiger partial charge in [0.15, 0.2) is 0 Å². The topological polar surface area (TPSA) is 97.5 Å². The fourth-order valence-electron chi connectivity index (χ4n) is 4.95. The lowest BCUT2D eigenvalue weighted by Gasteiger charge is -2.19. The van der Waals surface area contributed by atoms with E-state index in [1.54, 1.807) is 4.68 Å².